The molecule has 1 amide bonds. The minimum Gasteiger partial charge on any atom is -0.408 e. The molecule has 0 aliphatic carbocycles. The van der Waals surface area contributed by atoms with Crippen LogP contribution in [0, 0.1) is 0 Å². The van der Waals surface area contributed by atoms with Crippen molar-refractivity contribution in [2.75, 3.05) is 5.32 Å². The number of amides is 1. The molecule has 1 aromatic heterocycles. The van der Waals surface area contributed by atoms with Gasteiger partial charge in [0.15, 0.2) is 5.58 Å². The predicted octanol–water partition coefficient (Wildman–Crippen LogP) is 2.01. The normalized spacial score (nSPS) is 13.5. The molecule has 116 valence electrons. The Hall–Kier alpha value is -1.79. The summed E-state index contributed by atoms with van der Waals surface area (Å²) in [6.45, 7) is 3.68. The molecule has 0 bridgehead atoms. The number of nitrogens with one attached hydrogen (secondary N) is 1. The van der Waals surface area contributed by atoms with Gasteiger partial charge in [0.2, 0.25) is 5.91 Å². The lowest BCUT2D eigenvalue weighted by Gasteiger charge is -2.22. The third-order valence-corrected chi connectivity index (χ3v) is 3.34. The summed E-state index contributed by atoms with van der Waals surface area (Å²) in [6, 6.07) is 5.07. The number of nitrogens with two attached hydrogens (primary N) is 1. The first kappa shape index (κ1) is 17.3. The second-order valence-corrected chi connectivity index (χ2v) is 5.23. The molecule has 0 radical (unpaired) electrons. The van der Waals surface area contributed by atoms with Crippen LogP contribution in [0.2, 0.25) is 0 Å². The summed E-state index contributed by atoms with van der Waals surface area (Å²) in [5.41, 5.74) is 6.73. The highest BCUT2D eigenvalue weighted by molar-refractivity contribution is 5.98. The second-order valence-electron chi connectivity index (χ2n) is 5.23. The van der Waals surface area contributed by atoms with E-state index < -0.39 is 11.3 Å². The standard InChI is InChI=1S/C14H19N3O3.ClH/c1-4-7-14(2,15)12(18)16-9-5-6-10-11(8-9)20-13(19)17(10)3;/h5-6,8H,4,7,15H2,1-3H3,(H,16,18);1H. The van der Waals surface area contributed by atoms with E-state index >= 15 is 0 Å². The van der Waals surface area contributed by atoms with Gasteiger partial charge in [0, 0.05) is 18.8 Å². The molecule has 0 aliphatic heterocycles. The molecule has 3 N–H and O–H groups in total. The van der Waals surface area contributed by atoms with Gasteiger partial charge < -0.3 is 15.5 Å². The highest BCUT2D eigenvalue weighted by atomic mass is 35.5. The first-order chi connectivity index (χ1) is 9.35. The molecule has 21 heavy (non-hydrogen) atoms. The molecule has 7 heteroatoms. The number of nitrogens with zero attached hydrogens (tertiary/aromatic N) is 1. The van der Waals surface area contributed by atoms with Gasteiger partial charge in [-0.1, -0.05) is 13.3 Å². The van der Waals surface area contributed by atoms with Crippen molar-refractivity contribution in [3.05, 3.63) is 28.7 Å². The van der Waals surface area contributed by atoms with Crippen LogP contribution in [0.25, 0.3) is 11.1 Å². The lowest BCUT2D eigenvalue weighted by molar-refractivity contribution is -0.120. The Morgan fingerprint density at radius 2 is 2.14 bits per heavy atom. The Morgan fingerprint density at radius 1 is 1.48 bits per heavy atom. The summed E-state index contributed by atoms with van der Waals surface area (Å²) in [6.07, 6.45) is 1.43. The molecule has 2 aromatic rings. The van der Waals surface area contributed by atoms with E-state index in [0.717, 1.165) is 6.42 Å². The van der Waals surface area contributed by atoms with E-state index in [1.807, 2.05) is 6.92 Å². The van der Waals surface area contributed by atoms with Crippen LogP contribution in [0.5, 0.6) is 0 Å². The van der Waals surface area contributed by atoms with E-state index in [2.05, 4.69) is 5.32 Å². The maximum absolute atomic E-state index is 12.1. The van der Waals surface area contributed by atoms with Crippen molar-refractivity contribution < 1.29 is 9.21 Å². The minimum absolute atomic E-state index is 0. The summed E-state index contributed by atoms with van der Waals surface area (Å²) in [5, 5.41) is 2.75. The fraction of sp³-hybridized carbons (Fsp3) is 0.429. The first-order valence-corrected chi connectivity index (χ1v) is 6.55. The maximum atomic E-state index is 12.1. The molecular weight excluding hydrogens is 294 g/mol. The van der Waals surface area contributed by atoms with Gasteiger partial charge in [-0.15, -0.1) is 12.4 Å². The zero-order valence-electron chi connectivity index (χ0n) is 12.3. The SMILES string of the molecule is CCCC(C)(N)C(=O)Nc1ccc2c(c1)oc(=O)n2C.Cl. The van der Waals surface area contributed by atoms with Crippen LogP contribution in [0.1, 0.15) is 26.7 Å². The third kappa shape index (κ3) is 3.46. The minimum atomic E-state index is -0.915. The first-order valence-electron chi connectivity index (χ1n) is 6.55. The van der Waals surface area contributed by atoms with Gasteiger partial charge in [0.1, 0.15) is 0 Å². The molecule has 0 fully saturated rings. The zero-order chi connectivity index (χ0) is 14.9. The van der Waals surface area contributed by atoms with Crippen LogP contribution in [0.15, 0.2) is 27.4 Å². The van der Waals surface area contributed by atoms with Crippen LogP contribution in [-0.2, 0) is 11.8 Å². The summed E-state index contributed by atoms with van der Waals surface area (Å²) in [7, 11) is 1.63. The van der Waals surface area contributed by atoms with Crippen molar-refractivity contribution in [3.8, 4) is 0 Å². The van der Waals surface area contributed by atoms with Gasteiger partial charge in [-0.25, -0.2) is 4.79 Å². The van der Waals surface area contributed by atoms with Crippen LogP contribution in [0.4, 0.5) is 5.69 Å². The molecule has 0 saturated carbocycles. The maximum Gasteiger partial charge on any atom is 0.419 e. The highest BCUT2D eigenvalue weighted by Crippen LogP contribution is 2.19. The quantitative estimate of drug-likeness (QED) is 0.903. The number of benzene rings is 1. The smallest absolute Gasteiger partial charge is 0.408 e. The molecule has 1 atom stereocenters. The van der Waals surface area contributed by atoms with E-state index in [0.29, 0.717) is 23.2 Å². The van der Waals surface area contributed by atoms with E-state index in [4.69, 9.17) is 10.2 Å². The number of fused-ring (bicyclic) bond motifs is 1. The highest BCUT2D eigenvalue weighted by Gasteiger charge is 2.27. The molecule has 1 aromatic carbocycles. The van der Waals surface area contributed by atoms with Gasteiger partial charge in [0.05, 0.1) is 11.1 Å². The molecule has 1 heterocycles. The Balaban J connectivity index is 0.00000220. The lowest BCUT2D eigenvalue weighted by Crippen LogP contribution is -2.48. The zero-order valence-corrected chi connectivity index (χ0v) is 13.1. The Morgan fingerprint density at radius 3 is 2.76 bits per heavy atom. The van der Waals surface area contributed by atoms with E-state index in [1.54, 1.807) is 32.2 Å². The molecule has 0 aliphatic rings. The number of hydrogen-bond donors (Lipinski definition) is 2. The number of anilines is 1. The van der Waals surface area contributed by atoms with Crippen molar-refractivity contribution in [3.63, 3.8) is 0 Å². The number of halogens is 1. The predicted molar refractivity (Wildman–Crippen MR) is 84.8 cm³/mol. The largest absolute Gasteiger partial charge is 0.419 e. The molecule has 0 saturated heterocycles. The fourth-order valence-electron chi connectivity index (χ4n) is 2.12. The van der Waals surface area contributed by atoms with Crippen LogP contribution in [-0.4, -0.2) is 16.0 Å². The molecule has 0 spiro atoms. The topological polar surface area (TPSA) is 90.3 Å². The molecular formula is C14H20ClN3O3. The second kappa shape index (κ2) is 6.32. The fourth-order valence-corrected chi connectivity index (χ4v) is 2.12. The van der Waals surface area contributed by atoms with Gasteiger partial charge in [-0.3, -0.25) is 9.36 Å². The van der Waals surface area contributed by atoms with E-state index in [9.17, 15) is 9.59 Å². The van der Waals surface area contributed by atoms with Gasteiger partial charge >= 0.3 is 5.76 Å². The Bertz CT molecular complexity index is 703. The summed E-state index contributed by atoms with van der Waals surface area (Å²) >= 11 is 0. The van der Waals surface area contributed by atoms with Crippen LogP contribution >= 0.6 is 12.4 Å². The number of aromatic nitrogens is 1. The molecule has 6 nitrogen and oxygen atoms in total. The number of carbonyl (C=O) groups excluding carboxylic acids is 1. The van der Waals surface area contributed by atoms with Crippen LogP contribution in [0.3, 0.4) is 0 Å². The lowest BCUT2D eigenvalue weighted by atomic mass is 9.96. The van der Waals surface area contributed by atoms with Crippen molar-refractivity contribution >= 4 is 35.1 Å². The number of rotatable bonds is 4. The summed E-state index contributed by atoms with van der Waals surface area (Å²) in [5.74, 6) is -0.685. The Labute approximate surface area is 128 Å². The van der Waals surface area contributed by atoms with Gasteiger partial charge in [-0.2, -0.15) is 0 Å². The van der Waals surface area contributed by atoms with Gasteiger partial charge in [-0.05, 0) is 25.5 Å². The van der Waals surface area contributed by atoms with Crippen molar-refractivity contribution in [2.24, 2.45) is 12.8 Å². The van der Waals surface area contributed by atoms with E-state index in [-0.39, 0.29) is 18.3 Å². The van der Waals surface area contributed by atoms with Crippen molar-refractivity contribution in [2.45, 2.75) is 32.2 Å². The van der Waals surface area contributed by atoms with Crippen molar-refractivity contribution in [1.82, 2.24) is 4.57 Å². The van der Waals surface area contributed by atoms with Crippen molar-refractivity contribution in [1.29, 1.82) is 0 Å². The van der Waals surface area contributed by atoms with E-state index in [1.165, 1.54) is 4.57 Å². The number of aryl methyl sites for hydroxylation is 1. The number of carbonyl (C=O) groups is 1. The molecule has 1 unspecified atom stereocenters. The summed E-state index contributed by atoms with van der Waals surface area (Å²) < 4.78 is 6.49. The third-order valence-electron chi connectivity index (χ3n) is 3.34. The van der Waals surface area contributed by atoms with Crippen LogP contribution < -0.4 is 16.8 Å². The average molecular weight is 314 g/mol. The number of hydrogen-bond acceptors (Lipinski definition) is 4. The van der Waals surface area contributed by atoms with Gasteiger partial charge in [0.25, 0.3) is 0 Å². The number of oxazole rings is 1. The Kier molecular flexibility index (Phi) is 5.20. The average Bonchev–Trinajstić information content (AvgIpc) is 2.64. The monoisotopic (exact) mass is 313 g/mol. The summed E-state index contributed by atoms with van der Waals surface area (Å²) in [4.78, 5) is 23.5. The molecule has 2 rings (SSSR count).